The number of carbonyl (C=O) groups excluding carboxylic acids is 2. The van der Waals surface area contributed by atoms with Gasteiger partial charge in [-0.3, -0.25) is 4.79 Å². The fraction of sp³-hybridized carbons (Fsp3) is 0.231. The first kappa shape index (κ1) is 23.0. The number of carbonyl (C=O) groups is 2. The Hall–Kier alpha value is -3.64. The topological polar surface area (TPSA) is 73.9 Å². The highest BCUT2D eigenvalue weighted by Crippen LogP contribution is 2.25. The standard InChI is InChI=1S/C26H27NO5/c1-18(16-30-2)27-25(28)22(15-19-11-13-21(14-12-19)26(29)31-3)17-32-24-10-6-8-20-7-4-5-9-23(20)24/h4-15,18H,16-17H2,1-3H3,(H,27,28)/b22-15+. The molecule has 3 rings (SSSR count). The van der Waals surface area contributed by atoms with E-state index >= 15 is 0 Å². The van der Waals surface area contributed by atoms with Crippen molar-refractivity contribution in [2.75, 3.05) is 27.4 Å². The van der Waals surface area contributed by atoms with Crippen LogP contribution in [0.5, 0.6) is 5.75 Å². The number of fused-ring (bicyclic) bond motifs is 1. The van der Waals surface area contributed by atoms with Crippen LogP contribution in [0, 0.1) is 0 Å². The Bertz CT molecular complexity index is 1100. The minimum absolute atomic E-state index is 0.0816. The van der Waals surface area contributed by atoms with Gasteiger partial charge in [-0.1, -0.05) is 48.5 Å². The van der Waals surface area contributed by atoms with Crippen LogP contribution in [-0.4, -0.2) is 45.4 Å². The minimum Gasteiger partial charge on any atom is -0.488 e. The third-order valence-electron chi connectivity index (χ3n) is 4.89. The van der Waals surface area contributed by atoms with Crippen molar-refractivity contribution in [1.82, 2.24) is 5.32 Å². The van der Waals surface area contributed by atoms with Crippen molar-refractivity contribution in [3.8, 4) is 5.75 Å². The van der Waals surface area contributed by atoms with E-state index in [0.29, 0.717) is 23.5 Å². The lowest BCUT2D eigenvalue weighted by Crippen LogP contribution is -2.37. The van der Waals surface area contributed by atoms with Crippen LogP contribution in [-0.2, 0) is 14.3 Å². The molecule has 166 valence electrons. The lowest BCUT2D eigenvalue weighted by Gasteiger charge is -2.16. The second-order valence-corrected chi connectivity index (χ2v) is 7.38. The number of hydrogen-bond donors (Lipinski definition) is 1. The third kappa shape index (κ3) is 5.95. The lowest BCUT2D eigenvalue weighted by molar-refractivity contribution is -0.118. The van der Waals surface area contributed by atoms with E-state index in [4.69, 9.17) is 14.2 Å². The molecule has 0 spiro atoms. The summed E-state index contributed by atoms with van der Waals surface area (Å²) in [6, 6.07) is 20.4. The highest BCUT2D eigenvalue weighted by atomic mass is 16.5. The fourth-order valence-electron chi connectivity index (χ4n) is 3.29. The Morgan fingerprint density at radius 2 is 1.69 bits per heavy atom. The molecule has 1 unspecified atom stereocenters. The number of ether oxygens (including phenoxy) is 3. The van der Waals surface area contributed by atoms with E-state index in [1.54, 1.807) is 37.5 Å². The zero-order chi connectivity index (χ0) is 22.9. The summed E-state index contributed by atoms with van der Waals surface area (Å²) in [7, 11) is 2.93. The highest BCUT2D eigenvalue weighted by molar-refractivity contribution is 5.98. The first-order valence-corrected chi connectivity index (χ1v) is 10.3. The number of esters is 1. The van der Waals surface area contributed by atoms with Crippen LogP contribution in [0.25, 0.3) is 16.8 Å². The van der Waals surface area contributed by atoms with Crippen LogP contribution in [0.4, 0.5) is 0 Å². The van der Waals surface area contributed by atoms with E-state index in [1.165, 1.54) is 7.11 Å². The van der Waals surface area contributed by atoms with Gasteiger partial charge in [-0.15, -0.1) is 0 Å². The van der Waals surface area contributed by atoms with E-state index in [1.807, 2.05) is 49.4 Å². The molecule has 0 heterocycles. The Labute approximate surface area is 187 Å². The Morgan fingerprint density at radius 1 is 0.969 bits per heavy atom. The maximum atomic E-state index is 13.0. The molecule has 1 atom stereocenters. The number of amides is 1. The van der Waals surface area contributed by atoms with Gasteiger partial charge in [0, 0.05) is 18.5 Å². The van der Waals surface area contributed by atoms with Gasteiger partial charge in [-0.25, -0.2) is 4.79 Å². The Morgan fingerprint density at radius 3 is 2.41 bits per heavy atom. The predicted molar refractivity (Wildman–Crippen MR) is 125 cm³/mol. The van der Waals surface area contributed by atoms with Crippen molar-refractivity contribution >= 4 is 28.7 Å². The van der Waals surface area contributed by atoms with Crippen molar-refractivity contribution in [3.05, 3.63) is 83.4 Å². The average Bonchev–Trinajstić information content (AvgIpc) is 2.81. The zero-order valence-electron chi connectivity index (χ0n) is 18.5. The first-order chi connectivity index (χ1) is 15.5. The maximum Gasteiger partial charge on any atom is 0.337 e. The Balaban J connectivity index is 1.85. The lowest BCUT2D eigenvalue weighted by atomic mass is 10.1. The molecule has 32 heavy (non-hydrogen) atoms. The van der Waals surface area contributed by atoms with E-state index in [9.17, 15) is 9.59 Å². The molecule has 3 aromatic rings. The number of rotatable bonds is 9. The van der Waals surface area contributed by atoms with Crippen molar-refractivity contribution in [2.45, 2.75) is 13.0 Å². The molecule has 0 fully saturated rings. The largest absolute Gasteiger partial charge is 0.488 e. The summed E-state index contributed by atoms with van der Waals surface area (Å²) < 4.78 is 15.9. The molecule has 0 aliphatic heterocycles. The normalized spacial score (nSPS) is 12.3. The third-order valence-corrected chi connectivity index (χ3v) is 4.89. The van der Waals surface area contributed by atoms with Crippen LogP contribution in [0.15, 0.2) is 72.3 Å². The van der Waals surface area contributed by atoms with Crippen LogP contribution in [0.2, 0.25) is 0 Å². The molecule has 1 N–H and O–H groups in total. The average molecular weight is 434 g/mol. The molecule has 0 aliphatic carbocycles. The van der Waals surface area contributed by atoms with Gasteiger partial charge in [-0.2, -0.15) is 0 Å². The van der Waals surface area contributed by atoms with Gasteiger partial charge in [-0.05, 0) is 42.1 Å². The smallest absolute Gasteiger partial charge is 0.337 e. The molecule has 1 amide bonds. The summed E-state index contributed by atoms with van der Waals surface area (Å²) in [5, 5.41) is 4.97. The van der Waals surface area contributed by atoms with Crippen LogP contribution in [0.1, 0.15) is 22.8 Å². The van der Waals surface area contributed by atoms with Gasteiger partial charge in [0.15, 0.2) is 0 Å². The van der Waals surface area contributed by atoms with E-state index in [0.717, 1.165) is 16.3 Å². The molecule has 0 saturated carbocycles. The van der Waals surface area contributed by atoms with Crippen molar-refractivity contribution < 1.29 is 23.8 Å². The van der Waals surface area contributed by atoms with Gasteiger partial charge >= 0.3 is 5.97 Å². The second kappa shape index (κ2) is 11.1. The minimum atomic E-state index is -0.411. The molecule has 0 aromatic heterocycles. The molecular formula is C26H27NO5. The zero-order valence-corrected chi connectivity index (χ0v) is 18.5. The molecule has 6 nitrogen and oxygen atoms in total. The van der Waals surface area contributed by atoms with Crippen molar-refractivity contribution in [2.24, 2.45) is 0 Å². The van der Waals surface area contributed by atoms with Gasteiger partial charge < -0.3 is 19.5 Å². The quantitative estimate of drug-likeness (QED) is 0.404. The SMILES string of the molecule is COCC(C)NC(=O)/C(=C/c1ccc(C(=O)OC)cc1)COc1cccc2ccccc12. The maximum absolute atomic E-state index is 13.0. The Kier molecular flexibility index (Phi) is 8.00. The van der Waals surface area contributed by atoms with E-state index in [2.05, 4.69) is 5.32 Å². The molecule has 6 heteroatoms. The van der Waals surface area contributed by atoms with Gasteiger partial charge in [0.2, 0.25) is 0 Å². The second-order valence-electron chi connectivity index (χ2n) is 7.38. The predicted octanol–water partition coefficient (Wildman–Crippen LogP) is 4.24. The van der Waals surface area contributed by atoms with Gasteiger partial charge in [0.1, 0.15) is 12.4 Å². The summed E-state index contributed by atoms with van der Waals surface area (Å²) in [6.07, 6.45) is 1.75. The van der Waals surface area contributed by atoms with E-state index in [-0.39, 0.29) is 18.6 Å². The summed E-state index contributed by atoms with van der Waals surface area (Å²) in [6.45, 7) is 2.35. The van der Waals surface area contributed by atoms with Gasteiger partial charge in [0.05, 0.1) is 24.9 Å². The summed E-state index contributed by atoms with van der Waals surface area (Å²) in [5.74, 6) is 0.0470. The molecule has 3 aromatic carbocycles. The molecular weight excluding hydrogens is 406 g/mol. The number of nitrogens with one attached hydrogen (secondary N) is 1. The number of methoxy groups -OCH3 is 2. The molecule has 0 bridgehead atoms. The van der Waals surface area contributed by atoms with Crippen molar-refractivity contribution in [1.29, 1.82) is 0 Å². The van der Waals surface area contributed by atoms with Gasteiger partial charge in [0.25, 0.3) is 5.91 Å². The van der Waals surface area contributed by atoms with Crippen LogP contribution >= 0.6 is 0 Å². The number of hydrogen-bond acceptors (Lipinski definition) is 5. The summed E-state index contributed by atoms with van der Waals surface area (Å²) in [4.78, 5) is 24.6. The molecule has 0 radical (unpaired) electrons. The monoisotopic (exact) mass is 433 g/mol. The van der Waals surface area contributed by atoms with E-state index < -0.39 is 5.97 Å². The highest BCUT2D eigenvalue weighted by Gasteiger charge is 2.15. The summed E-state index contributed by atoms with van der Waals surface area (Å²) in [5.41, 5.74) is 1.66. The van der Waals surface area contributed by atoms with Crippen LogP contribution < -0.4 is 10.1 Å². The fourth-order valence-corrected chi connectivity index (χ4v) is 3.29. The van der Waals surface area contributed by atoms with Crippen molar-refractivity contribution in [3.63, 3.8) is 0 Å². The molecule has 0 aliphatic rings. The summed E-state index contributed by atoms with van der Waals surface area (Å²) >= 11 is 0. The number of benzene rings is 3. The first-order valence-electron chi connectivity index (χ1n) is 10.3. The molecule has 0 saturated heterocycles. The van der Waals surface area contributed by atoms with Crippen LogP contribution in [0.3, 0.4) is 0 Å².